The second-order valence-electron chi connectivity index (χ2n) is 4.11. The Morgan fingerprint density at radius 2 is 1.62 bits per heavy atom. The molecule has 7 heteroatoms. The van der Waals surface area contributed by atoms with Crippen molar-refractivity contribution in [1.82, 2.24) is 0 Å². The highest BCUT2D eigenvalue weighted by Crippen LogP contribution is 2.27. The van der Waals surface area contributed by atoms with E-state index in [4.69, 9.17) is 5.11 Å². The van der Waals surface area contributed by atoms with Crippen LogP contribution in [0.25, 0.3) is 11.1 Å². The summed E-state index contributed by atoms with van der Waals surface area (Å²) in [7, 11) is 0. The van der Waals surface area contributed by atoms with Gasteiger partial charge in [0.1, 0.15) is 11.6 Å². The predicted octanol–water partition coefficient (Wildman–Crippen LogP) is 4.09. The molecule has 2 aromatic carbocycles. The van der Waals surface area contributed by atoms with Gasteiger partial charge < -0.3 is 9.84 Å². The van der Waals surface area contributed by atoms with Gasteiger partial charge in [-0.2, -0.15) is 0 Å². The second kappa shape index (κ2) is 5.43. The smallest absolute Gasteiger partial charge is 0.478 e. The largest absolute Gasteiger partial charge is 0.573 e. The van der Waals surface area contributed by atoms with E-state index in [0.717, 1.165) is 24.3 Å². The zero-order valence-electron chi connectivity index (χ0n) is 10.3. The lowest BCUT2D eigenvalue weighted by Gasteiger charge is -2.09. The van der Waals surface area contributed by atoms with Gasteiger partial charge in [0.05, 0.1) is 5.56 Å². The first-order valence-corrected chi connectivity index (χ1v) is 5.65. The normalized spacial score (nSPS) is 11.2. The molecular weight excluding hydrogens is 292 g/mol. The Balaban J connectivity index is 2.32. The van der Waals surface area contributed by atoms with Crippen molar-refractivity contribution in [2.45, 2.75) is 6.36 Å². The number of carboxylic acids is 1. The fourth-order valence-electron chi connectivity index (χ4n) is 1.73. The first-order valence-electron chi connectivity index (χ1n) is 5.65. The summed E-state index contributed by atoms with van der Waals surface area (Å²) in [5.41, 5.74) is 0.359. The van der Waals surface area contributed by atoms with E-state index in [0.29, 0.717) is 5.56 Å². The van der Waals surface area contributed by atoms with E-state index in [2.05, 4.69) is 4.74 Å². The molecule has 0 unspecified atom stereocenters. The lowest BCUT2D eigenvalue weighted by atomic mass is 10.0. The van der Waals surface area contributed by atoms with Gasteiger partial charge in [-0.1, -0.05) is 12.1 Å². The van der Waals surface area contributed by atoms with Crippen molar-refractivity contribution in [2.75, 3.05) is 0 Å². The number of carboxylic acid groups (broad SMARTS) is 1. The Morgan fingerprint density at radius 1 is 1.00 bits per heavy atom. The van der Waals surface area contributed by atoms with E-state index in [-0.39, 0.29) is 11.1 Å². The Labute approximate surface area is 116 Å². The van der Waals surface area contributed by atoms with Gasteiger partial charge >= 0.3 is 12.3 Å². The minimum atomic E-state index is -4.79. The van der Waals surface area contributed by atoms with Crippen LogP contribution in [0.5, 0.6) is 5.75 Å². The average molecular weight is 300 g/mol. The summed E-state index contributed by atoms with van der Waals surface area (Å²) in [5, 5.41) is 8.84. The summed E-state index contributed by atoms with van der Waals surface area (Å²) in [6.45, 7) is 0. The number of hydrogen-bond donors (Lipinski definition) is 1. The van der Waals surface area contributed by atoms with Crippen LogP contribution in [-0.4, -0.2) is 17.4 Å². The van der Waals surface area contributed by atoms with Crippen LogP contribution in [0.4, 0.5) is 17.6 Å². The van der Waals surface area contributed by atoms with Crippen LogP contribution < -0.4 is 4.74 Å². The van der Waals surface area contributed by atoms with Crippen LogP contribution in [0, 0.1) is 5.82 Å². The molecule has 0 atom stereocenters. The summed E-state index contributed by atoms with van der Waals surface area (Å²) in [4.78, 5) is 10.8. The number of aromatic carboxylic acids is 1. The molecule has 0 bridgehead atoms. The molecule has 0 spiro atoms. The summed E-state index contributed by atoms with van der Waals surface area (Å²) in [6, 6.07) is 7.86. The number of halogens is 4. The highest BCUT2D eigenvalue weighted by atomic mass is 19.4. The molecule has 1 N–H and O–H groups in total. The summed E-state index contributed by atoms with van der Waals surface area (Å²) in [5.74, 6) is -2.46. The number of carbonyl (C=O) groups is 1. The maximum Gasteiger partial charge on any atom is 0.573 e. The monoisotopic (exact) mass is 300 g/mol. The molecule has 0 radical (unpaired) electrons. The van der Waals surface area contributed by atoms with E-state index in [9.17, 15) is 22.4 Å². The van der Waals surface area contributed by atoms with E-state index in [1.807, 2.05) is 0 Å². The Hall–Kier alpha value is -2.57. The third-order valence-corrected chi connectivity index (χ3v) is 2.57. The molecule has 0 amide bonds. The van der Waals surface area contributed by atoms with Crippen molar-refractivity contribution in [3.63, 3.8) is 0 Å². The van der Waals surface area contributed by atoms with Crippen LogP contribution in [0.15, 0.2) is 42.5 Å². The molecule has 0 aliphatic rings. The van der Waals surface area contributed by atoms with Gasteiger partial charge in [0.15, 0.2) is 0 Å². The molecule has 110 valence electrons. The van der Waals surface area contributed by atoms with Crippen LogP contribution >= 0.6 is 0 Å². The molecule has 0 aliphatic heterocycles. The van der Waals surface area contributed by atoms with Crippen molar-refractivity contribution in [3.8, 4) is 16.9 Å². The SMILES string of the molecule is O=C(O)c1cc(F)cc(-c2ccc(OC(F)(F)F)cc2)c1. The molecule has 0 aliphatic carbocycles. The number of rotatable bonds is 3. The van der Waals surface area contributed by atoms with Crippen LogP contribution in [-0.2, 0) is 0 Å². The van der Waals surface area contributed by atoms with Crippen molar-refractivity contribution in [2.24, 2.45) is 0 Å². The fourth-order valence-corrected chi connectivity index (χ4v) is 1.73. The lowest BCUT2D eigenvalue weighted by Crippen LogP contribution is -2.16. The van der Waals surface area contributed by atoms with Crippen LogP contribution in [0.1, 0.15) is 10.4 Å². The Kier molecular flexibility index (Phi) is 3.84. The molecule has 0 fully saturated rings. The Bertz CT molecular complexity index is 663. The molecule has 2 rings (SSSR count). The molecule has 2 aromatic rings. The van der Waals surface area contributed by atoms with Gasteiger partial charge in [-0.3, -0.25) is 0 Å². The molecular formula is C14H8F4O3. The van der Waals surface area contributed by atoms with E-state index >= 15 is 0 Å². The lowest BCUT2D eigenvalue weighted by molar-refractivity contribution is -0.274. The molecule has 0 aromatic heterocycles. The minimum Gasteiger partial charge on any atom is -0.478 e. The van der Waals surface area contributed by atoms with Gasteiger partial charge in [-0.05, 0) is 41.5 Å². The molecule has 0 saturated heterocycles. The van der Waals surface area contributed by atoms with Crippen molar-refractivity contribution < 1.29 is 32.2 Å². The Morgan fingerprint density at radius 3 is 2.14 bits per heavy atom. The van der Waals surface area contributed by atoms with E-state index in [1.165, 1.54) is 18.2 Å². The van der Waals surface area contributed by atoms with Gasteiger partial charge in [-0.25, -0.2) is 9.18 Å². The third-order valence-electron chi connectivity index (χ3n) is 2.57. The summed E-state index contributed by atoms with van der Waals surface area (Å²) >= 11 is 0. The maximum atomic E-state index is 13.3. The van der Waals surface area contributed by atoms with Gasteiger partial charge in [0.25, 0.3) is 0 Å². The van der Waals surface area contributed by atoms with Crippen molar-refractivity contribution in [3.05, 3.63) is 53.8 Å². The number of ether oxygens (including phenoxy) is 1. The van der Waals surface area contributed by atoms with Gasteiger partial charge in [0.2, 0.25) is 0 Å². The third kappa shape index (κ3) is 3.95. The predicted molar refractivity (Wildman–Crippen MR) is 65.5 cm³/mol. The number of hydrogen-bond acceptors (Lipinski definition) is 2. The van der Waals surface area contributed by atoms with E-state index < -0.39 is 23.9 Å². The first kappa shape index (κ1) is 14.8. The zero-order valence-corrected chi connectivity index (χ0v) is 10.3. The zero-order chi connectivity index (χ0) is 15.6. The highest BCUT2D eigenvalue weighted by molar-refractivity contribution is 5.89. The van der Waals surface area contributed by atoms with Crippen molar-refractivity contribution >= 4 is 5.97 Å². The maximum absolute atomic E-state index is 13.3. The average Bonchev–Trinajstić information content (AvgIpc) is 2.37. The van der Waals surface area contributed by atoms with Crippen LogP contribution in [0.3, 0.4) is 0 Å². The first-order chi connectivity index (χ1) is 9.74. The molecule has 3 nitrogen and oxygen atoms in total. The standard InChI is InChI=1S/C14H8F4O3/c15-11-6-9(5-10(7-11)13(19)20)8-1-3-12(4-2-8)21-14(16,17)18/h1-7H,(H,19,20). The summed E-state index contributed by atoms with van der Waals surface area (Å²) < 4.78 is 53.1. The highest BCUT2D eigenvalue weighted by Gasteiger charge is 2.30. The summed E-state index contributed by atoms with van der Waals surface area (Å²) in [6.07, 6.45) is -4.79. The van der Waals surface area contributed by atoms with Gasteiger partial charge in [0, 0.05) is 0 Å². The van der Waals surface area contributed by atoms with Crippen molar-refractivity contribution in [1.29, 1.82) is 0 Å². The molecule has 0 heterocycles. The fraction of sp³-hybridized carbons (Fsp3) is 0.0714. The van der Waals surface area contributed by atoms with Gasteiger partial charge in [-0.15, -0.1) is 13.2 Å². The number of benzene rings is 2. The molecule has 21 heavy (non-hydrogen) atoms. The minimum absolute atomic E-state index is 0.242. The van der Waals surface area contributed by atoms with E-state index in [1.54, 1.807) is 0 Å². The quantitative estimate of drug-likeness (QED) is 0.868. The topological polar surface area (TPSA) is 46.5 Å². The molecule has 0 saturated carbocycles. The number of alkyl halides is 3. The van der Waals surface area contributed by atoms with Crippen LogP contribution in [0.2, 0.25) is 0 Å². The second-order valence-corrected chi connectivity index (χ2v) is 4.11.